The molecule has 0 N–H and O–H groups in total. The van der Waals surface area contributed by atoms with Crippen molar-refractivity contribution >= 4 is 23.2 Å². The van der Waals surface area contributed by atoms with Gasteiger partial charge in [-0.3, -0.25) is 0 Å². The van der Waals surface area contributed by atoms with E-state index in [9.17, 15) is 0 Å². The molecule has 0 spiro atoms. The summed E-state index contributed by atoms with van der Waals surface area (Å²) in [6, 6.07) is 45.0. The van der Waals surface area contributed by atoms with Gasteiger partial charge in [0.2, 0.25) is 0 Å². The highest BCUT2D eigenvalue weighted by Gasteiger charge is 2.13. The number of hydrogen-bond acceptors (Lipinski definition) is 0. The van der Waals surface area contributed by atoms with E-state index >= 15 is 0 Å². The Morgan fingerprint density at radius 2 is 0.649 bits per heavy atom. The lowest BCUT2D eigenvalue weighted by Gasteiger charge is -2.15. The Labute approximate surface area is 357 Å². The van der Waals surface area contributed by atoms with Crippen molar-refractivity contribution in [3.8, 4) is 33.4 Å². The van der Waals surface area contributed by atoms with Gasteiger partial charge in [0.25, 0.3) is 0 Å². The number of halogens is 2. The Bertz CT molecular complexity index is 2000. The number of rotatable bonds is 7. The Morgan fingerprint density at radius 3 is 0.965 bits per heavy atom. The molecule has 0 fully saturated rings. The molecule has 0 heterocycles. The van der Waals surface area contributed by atoms with Crippen molar-refractivity contribution in [2.24, 2.45) is 5.92 Å². The van der Waals surface area contributed by atoms with E-state index in [1.54, 1.807) is 0 Å². The van der Waals surface area contributed by atoms with Crippen LogP contribution < -0.4 is 0 Å². The Hall–Kier alpha value is -4.10. The van der Waals surface area contributed by atoms with Gasteiger partial charge in [-0.2, -0.15) is 0 Å². The molecule has 57 heavy (non-hydrogen) atoms. The third-order valence-corrected chi connectivity index (χ3v) is 10.5. The molecule has 302 valence electrons. The fourth-order valence-electron chi connectivity index (χ4n) is 7.10. The number of hydrogen-bond donors (Lipinski definition) is 0. The van der Waals surface area contributed by atoms with Gasteiger partial charge in [0.1, 0.15) is 0 Å². The molecule has 0 atom stereocenters. The second kappa shape index (κ2) is 22.7. The first kappa shape index (κ1) is 47.3. The van der Waals surface area contributed by atoms with E-state index in [1.807, 2.05) is 24.3 Å². The topological polar surface area (TPSA) is 0 Å². The molecular weight excluding hydrogens is 732 g/mol. The zero-order valence-electron chi connectivity index (χ0n) is 37.3. The largest absolute Gasteiger partial charge is 0.0840 e. The van der Waals surface area contributed by atoms with Crippen LogP contribution in [0.2, 0.25) is 10.0 Å². The molecule has 0 aliphatic carbocycles. The Balaban J connectivity index is 0.000000225. The normalized spacial score (nSPS) is 10.9. The predicted octanol–water partition coefficient (Wildman–Crippen LogP) is 18.4. The van der Waals surface area contributed by atoms with Crippen LogP contribution >= 0.6 is 23.2 Å². The fourth-order valence-corrected chi connectivity index (χ4v) is 7.98. The minimum Gasteiger partial charge on any atom is -0.0840 e. The van der Waals surface area contributed by atoms with E-state index in [2.05, 4.69) is 200 Å². The Kier molecular flexibility index (Phi) is 18.9. The summed E-state index contributed by atoms with van der Waals surface area (Å²) in [6.45, 7) is 30.7. The van der Waals surface area contributed by atoms with Crippen molar-refractivity contribution in [3.63, 3.8) is 0 Å². The highest BCUT2D eigenvalue weighted by Crippen LogP contribution is 2.35. The highest BCUT2D eigenvalue weighted by molar-refractivity contribution is 6.32. The van der Waals surface area contributed by atoms with Crippen molar-refractivity contribution in [1.29, 1.82) is 0 Å². The summed E-state index contributed by atoms with van der Waals surface area (Å²) in [7, 11) is 0. The van der Waals surface area contributed by atoms with E-state index < -0.39 is 0 Å². The van der Waals surface area contributed by atoms with Crippen LogP contribution in [0, 0.1) is 26.7 Å². The van der Waals surface area contributed by atoms with Gasteiger partial charge in [-0.15, -0.1) is 0 Å². The summed E-state index contributed by atoms with van der Waals surface area (Å²) in [5, 5.41) is 1.66. The summed E-state index contributed by atoms with van der Waals surface area (Å²) in [4.78, 5) is 0. The van der Waals surface area contributed by atoms with Gasteiger partial charge in [-0.05, 0) is 135 Å². The second-order valence-electron chi connectivity index (χ2n) is 17.2. The van der Waals surface area contributed by atoms with Crippen LogP contribution in [0.15, 0.2) is 127 Å². The maximum absolute atomic E-state index is 6.47. The van der Waals surface area contributed by atoms with Crippen LogP contribution in [-0.4, -0.2) is 0 Å². The van der Waals surface area contributed by atoms with Gasteiger partial charge in [0.15, 0.2) is 0 Å². The molecule has 0 nitrogen and oxygen atoms in total. The van der Waals surface area contributed by atoms with Crippen molar-refractivity contribution in [2.75, 3.05) is 0 Å². The molecule has 0 saturated heterocycles. The summed E-state index contributed by atoms with van der Waals surface area (Å²) >= 11 is 12.9. The number of aryl methyl sites for hydroxylation is 3. The van der Waals surface area contributed by atoms with Crippen molar-refractivity contribution in [3.05, 3.63) is 176 Å². The van der Waals surface area contributed by atoms with Crippen LogP contribution in [0.5, 0.6) is 0 Å². The van der Waals surface area contributed by atoms with Crippen molar-refractivity contribution < 1.29 is 0 Å². The molecule has 0 aliphatic heterocycles. The molecule has 0 unspecified atom stereocenters. The minimum atomic E-state index is 0.429. The van der Waals surface area contributed by atoms with E-state index in [0.29, 0.717) is 23.7 Å². The molecule has 6 aromatic carbocycles. The van der Waals surface area contributed by atoms with Gasteiger partial charge in [-0.25, -0.2) is 0 Å². The fraction of sp³-hybridized carbons (Fsp3) is 0.345. The number of benzene rings is 6. The first-order chi connectivity index (χ1) is 26.9. The Morgan fingerprint density at radius 1 is 0.316 bits per heavy atom. The SMILES string of the molecule is CC(C)C.Cc1cc(-c2ccc(C(C)C)c(C)c2)ccc1C(C)C.Cc1cc(-c2ccc(C(C)C)c(Cl)c2)cc(Cl)c1C(C)C.c1ccc(-c2ccccc2)cc1. The zero-order chi connectivity index (χ0) is 42.4. The first-order valence-electron chi connectivity index (χ1n) is 20.8. The molecule has 6 aromatic rings. The van der Waals surface area contributed by atoms with Gasteiger partial charge in [0.05, 0.1) is 0 Å². The lowest BCUT2D eigenvalue weighted by molar-refractivity contribution is 0.737. The van der Waals surface area contributed by atoms with E-state index in [0.717, 1.165) is 27.1 Å². The highest BCUT2D eigenvalue weighted by atomic mass is 35.5. The van der Waals surface area contributed by atoms with Crippen LogP contribution in [-0.2, 0) is 0 Å². The average molecular weight is 800 g/mol. The summed E-state index contributed by atoms with van der Waals surface area (Å²) in [5.74, 6) is 2.88. The molecular formula is C55H68Cl2. The van der Waals surface area contributed by atoms with Crippen LogP contribution in [0.4, 0.5) is 0 Å². The molecule has 2 heteroatoms. The predicted molar refractivity (Wildman–Crippen MR) is 257 cm³/mol. The molecule has 0 bridgehead atoms. The standard InChI is InChI=1S/C20H26.C19H22Cl2.C12H10.C4H10/c1-13(2)19-9-7-17(11-15(19)5)18-8-10-20(14(3)4)16(6)12-18;1-11(2)16-7-6-14(9-17(16)20)15-8-13(5)19(12(3)4)18(21)10-15;1-3-7-11(8-4-1)12-9-5-2-6-10-12;1-4(2)3/h7-14H,1-6H3;6-12H,1-5H3;1-10H;4H,1-3H3. The van der Waals surface area contributed by atoms with Gasteiger partial charge in [0, 0.05) is 10.0 Å². The second-order valence-corrected chi connectivity index (χ2v) is 18.0. The quantitative estimate of drug-likeness (QED) is 0.151. The lowest BCUT2D eigenvalue weighted by atomic mass is 9.91. The zero-order valence-corrected chi connectivity index (χ0v) is 38.8. The maximum Gasteiger partial charge on any atom is 0.0449 e. The third kappa shape index (κ3) is 14.3. The van der Waals surface area contributed by atoms with E-state index in [-0.39, 0.29) is 0 Å². The van der Waals surface area contributed by atoms with E-state index in [4.69, 9.17) is 23.2 Å². The molecule has 0 radical (unpaired) electrons. The summed E-state index contributed by atoms with van der Waals surface area (Å²) < 4.78 is 0. The monoisotopic (exact) mass is 798 g/mol. The summed E-state index contributed by atoms with van der Waals surface area (Å²) in [5.41, 5.74) is 16.8. The van der Waals surface area contributed by atoms with E-state index in [1.165, 1.54) is 61.2 Å². The minimum absolute atomic E-state index is 0.429. The maximum atomic E-state index is 6.47. The molecule has 0 aromatic heterocycles. The van der Waals surface area contributed by atoms with Gasteiger partial charge < -0.3 is 0 Å². The molecule has 0 aliphatic rings. The molecule has 6 rings (SSSR count). The molecule has 0 amide bonds. The summed E-state index contributed by atoms with van der Waals surface area (Å²) in [6.07, 6.45) is 0. The van der Waals surface area contributed by atoms with Crippen LogP contribution in [0.1, 0.15) is 139 Å². The van der Waals surface area contributed by atoms with Gasteiger partial charge in [-0.1, -0.05) is 215 Å². The van der Waals surface area contributed by atoms with Crippen LogP contribution in [0.25, 0.3) is 33.4 Å². The molecule has 0 saturated carbocycles. The van der Waals surface area contributed by atoms with Crippen LogP contribution in [0.3, 0.4) is 0 Å². The average Bonchev–Trinajstić information content (AvgIpc) is 3.15. The van der Waals surface area contributed by atoms with Gasteiger partial charge >= 0.3 is 0 Å². The lowest BCUT2D eigenvalue weighted by Crippen LogP contribution is -1.95. The first-order valence-corrected chi connectivity index (χ1v) is 21.6. The third-order valence-electron chi connectivity index (χ3n) is 9.87. The van der Waals surface area contributed by atoms with Crippen molar-refractivity contribution in [2.45, 2.75) is 121 Å². The van der Waals surface area contributed by atoms with Crippen molar-refractivity contribution in [1.82, 2.24) is 0 Å². The smallest absolute Gasteiger partial charge is 0.0449 e.